The van der Waals surface area contributed by atoms with E-state index in [-0.39, 0.29) is 5.91 Å². The van der Waals surface area contributed by atoms with Crippen molar-refractivity contribution in [2.24, 2.45) is 0 Å². The summed E-state index contributed by atoms with van der Waals surface area (Å²) in [5.74, 6) is -0.207. The number of nitrogens with one attached hydrogen (secondary N) is 2. The summed E-state index contributed by atoms with van der Waals surface area (Å²) < 4.78 is 0. The molecule has 138 valence electrons. The van der Waals surface area contributed by atoms with Gasteiger partial charge < -0.3 is 10.6 Å². The van der Waals surface area contributed by atoms with Crippen LogP contribution < -0.4 is 10.6 Å². The Morgan fingerprint density at radius 1 is 0.857 bits per heavy atom. The third-order valence-electron chi connectivity index (χ3n) is 4.59. The number of hydrogen-bond donors (Lipinski definition) is 2. The number of pyridine rings is 1. The van der Waals surface area contributed by atoms with Gasteiger partial charge in [0.2, 0.25) is 0 Å². The molecular weight excluding hydrogens is 370 g/mol. The summed E-state index contributed by atoms with van der Waals surface area (Å²) in [6.07, 6.45) is 1.72. The summed E-state index contributed by atoms with van der Waals surface area (Å²) in [5.41, 5.74) is 4.47. The lowest BCUT2D eigenvalue weighted by Crippen LogP contribution is -2.14. The van der Waals surface area contributed by atoms with Gasteiger partial charge in [0, 0.05) is 22.3 Å². The zero-order valence-electron chi connectivity index (χ0n) is 15.2. The number of halogens is 1. The number of fused-ring (bicyclic) bond motifs is 1. The molecule has 0 spiro atoms. The number of aromatic nitrogens is 1. The maximum Gasteiger partial charge on any atom is 0.257 e. The molecule has 0 aliphatic carbocycles. The Bertz CT molecular complexity index is 1170. The highest BCUT2D eigenvalue weighted by atomic mass is 35.5. The Labute approximate surface area is 168 Å². The van der Waals surface area contributed by atoms with E-state index in [1.807, 2.05) is 73.7 Å². The first kappa shape index (κ1) is 18.0. The summed E-state index contributed by atoms with van der Waals surface area (Å²) in [5, 5.41) is 7.96. The lowest BCUT2D eigenvalue weighted by Gasteiger charge is -2.15. The average molecular weight is 388 g/mol. The minimum Gasteiger partial charge on any atom is -0.355 e. The van der Waals surface area contributed by atoms with Gasteiger partial charge in [-0.1, -0.05) is 48.0 Å². The van der Waals surface area contributed by atoms with Gasteiger partial charge in [0.1, 0.15) is 0 Å². The first-order valence-electron chi connectivity index (χ1n) is 8.90. The van der Waals surface area contributed by atoms with Crippen molar-refractivity contribution in [2.45, 2.75) is 6.92 Å². The second-order valence-electron chi connectivity index (χ2n) is 6.42. The predicted molar refractivity (Wildman–Crippen MR) is 116 cm³/mol. The van der Waals surface area contributed by atoms with E-state index in [0.717, 1.165) is 22.2 Å². The van der Waals surface area contributed by atoms with Gasteiger partial charge in [-0.2, -0.15) is 0 Å². The van der Waals surface area contributed by atoms with E-state index < -0.39 is 0 Å². The van der Waals surface area contributed by atoms with Crippen molar-refractivity contribution in [1.29, 1.82) is 0 Å². The van der Waals surface area contributed by atoms with E-state index in [0.29, 0.717) is 22.0 Å². The molecule has 4 nitrogen and oxygen atoms in total. The third-order valence-corrected chi connectivity index (χ3v) is 5.00. The summed E-state index contributed by atoms with van der Waals surface area (Å²) in [6.45, 7) is 1.94. The van der Waals surface area contributed by atoms with E-state index in [1.165, 1.54) is 0 Å². The molecule has 0 aliphatic rings. The van der Waals surface area contributed by atoms with Gasteiger partial charge in [-0.25, -0.2) is 0 Å². The summed E-state index contributed by atoms with van der Waals surface area (Å²) in [4.78, 5) is 17.4. The lowest BCUT2D eigenvalue weighted by molar-refractivity contribution is 0.102. The number of para-hydroxylation sites is 2. The summed E-state index contributed by atoms with van der Waals surface area (Å²) in [7, 11) is 0. The van der Waals surface area contributed by atoms with Crippen LogP contribution in [0.5, 0.6) is 0 Å². The number of nitrogens with zero attached hydrogens (tertiary/aromatic N) is 1. The standard InChI is InChI=1S/C23H18ClN3O/c1-15-18(24)10-5-12-19(15)26-20-11-3-2-9-17(20)23(28)27-21-13-4-7-16-8-6-14-25-22(16)21/h2-14,26H,1H3,(H,27,28). The molecule has 4 aromatic rings. The highest BCUT2D eigenvalue weighted by Gasteiger charge is 2.14. The Morgan fingerprint density at radius 2 is 1.57 bits per heavy atom. The maximum atomic E-state index is 13.0. The fourth-order valence-corrected chi connectivity index (χ4v) is 3.25. The monoisotopic (exact) mass is 387 g/mol. The van der Waals surface area contributed by atoms with Crippen LogP contribution in [0.25, 0.3) is 10.9 Å². The van der Waals surface area contributed by atoms with E-state index in [2.05, 4.69) is 15.6 Å². The van der Waals surface area contributed by atoms with Crippen molar-refractivity contribution in [1.82, 2.24) is 4.98 Å². The summed E-state index contributed by atoms with van der Waals surface area (Å²) in [6, 6.07) is 22.6. The molecule has 1 aromatic heterocycles. The van der Waals surface area contributed by atoms with E-state index in [1.54, 1.807) is 12.3 Å². The van der Waals surface area contributed by atoms with Gasteiger partial charge >= 0.3 is 0 Å². The lowest BCUT2D eigenvalue weighted by atomic mass is 10.1. The number of carbonyl (C=O) groups is 1. The van der Waals surface area contributed by atoms with Gasteiger partial charge in [-0.15, -0.1) is 0 Å². The minimum absolute atomic E-state index is 0.207. The normalized spacial score (nSPS) is 10.6. The van der Waals surface area contributed by atoms with Gasteiger partial charge in [0.05, 0.1) is 22.5 Å². The SMILES string of the molecule is Cc1c(Cl)cccc1Nc1ccccc1C(=O)Nc1cccc2cccnc12. The Hall–Kier alpha value is -3.37. The molecule has 0 bridgehead atoms. The molecular formula is C23H18ClN3O. The number of anilines is 3. The van der Waals surface area contributed by atoms with Crippen LogP contribution in [0.1, 0.15) is 15.9 Å². The fourth-order valence-electron chi connectivity index (χ4n) is 3.07. The van der Waals surface area contributed by atoms with Crippen molar-refractivity contribution in [3.05, 3.63) is 95.1 Å². The molecule has 2 N–H and O–H groups in total. The quantitative estimate of drug-likeness (QED) is 0.438. The Morgan fingerprint density at radius 3 is 2.46 bits per heavy atom. The van der Waals surface area contributed by atoms with Gasteiger partial charge in [0.15, 0.2) is 0 Å². The van der Waals surface area contributed by atoms with Crippen LogP contribution in [0.4, 0.5) is 17.1 Å². The van der Waals surface area contributed by atoms with Crippen LogP contribution >= 0.6 is 11.6 Å². The second kappa shape index (κ2) is 7.71. The van der Waals surface area contributed by atoms with E-state index in [9.17, 15) is 4.79 Å². The number of carbonyl (C=O) groups excluding carboxylic acids is 1. The molecule has 0 unspecified atom stereocenters. The van der Waals surface area contributed by atoms with E-state index >= 15 is 0 Å². The fraction of sp³-hybridized carbons (Fsp3) is 0.0435. The number of hydrogen-bond acceptors (Lipinski definition) is 3. The molecule has 0 radical (unpaired) electrons. The second-order valence-corrected chi connectivity index (χ2v) is 6.82. The van der Waals surface area contributed by atoms with Crippen molar-refractivity contribution in [3.8, 4) is 0 Å². The molecule has 28 heavy (non-hydrogen) atoms. The Kier molecular flexibility index (Phi) is 4.96. The highest BCUT2D eigenvalue weighted by Crippen LogP contribution is 2.28. The van der Waals surface area contributed by atoms with Crippen molar-refractivity contribution in [2.75, 3.05) is 10.6 Å². The molecule has 1 amide bonds. The molecule has 0 fully saturated rings. The summed E-state index contributed by atoms with van der Waals surface area (Å²) >= 11 is 6.22. The number of rotatable bonds is 4. The molecule has 3 aromatic carbocycles. The first-order valence-corrected chi connectivity index (χ1v) is 9.27. The zero-order chi connectivity index (χ0) is 19.5. The number of amides is 1. The molecule has 4 rings (SSSR count). The van der Waals surface area contributed by atoms with Gasteiger partial charge in [0.25, 0.3) is 5.91 Å². The molecule has 1 heterocycles. The Balaban J connectivity index is 1.66. The molecule has 5 heteroatoms. The van der Waals surface area contributed by atoms with Gasteiger partial charge in [-0.05, 0) is 48.9 Å². The average Bonchev–Trinajstić information content (AvgIpc) is 2.72. The highest BCUT2D eigenvalue weighted by molar-refractivity contribution is 6.31. The molecule has 0 aliphatic heterocycles. The van der Waals surface area contributed by atoms with Crippen molar-refractivity contribution < 1.29 is 4.79 Å². The van der Waals surface area contributed by atoms with Crippen LogP contribution in [0, 0.1) is 6.92 Å². The number of benzene rings is 3. The third kappa shape index (κ3) is 3.55. The van der Waals surface area contributed by atoms with Crippen LogP contribution in [0.15, 0.2) is 79.0 Å². The minimum atomic E-state index is -0.207. The first-order chi connectivity index (χ1) is 13.6. The van der Waals surface area contributed by atoms with Crippen LogP contribution in [-0.4, -0.2) is 10.9 Å². The molecule has 0 saturated heterocycles. The zero-order valence-corrected chi connectivity index (χ0v) is 16.0. The smallest absolute Gasteiger partial charge is 0.257 e. The predicted octanol–water partition coefficient (Wildman–Crippen LogP) is 6.19. The van der Waals surface area contributed by atoms with Crippen molar-refractivity contribution >= 4 is 45.5 Å². The maximum absolute atomic E-state index is 13.0. The van der Waals surface area contributed by atoms with Gasteiger partial charge in [-0.3, -0.25) is 9.78 Å². The van der Waals surface area contributed by atoms with Crippen LogP contribution in [0.2, 0.25) is 5.02 Å². The van der Waals surface area contributed by atoms with E-state index in [4.69, 9.17) is 11.6 Å². The van der Waals surface area contributed by atoms with Crippen LogP contribution in [-0.2, 0) is 0 Å². The largest absolute Gasteiger partial charge is 0.355 e. The molecule has 0 atom stereocenters. The topological polar surface area (TPSA) is 54.0 Å². The van der Waals surface area contributed by atoms with Crippen LogP contribution in [0.3, 0.4) is 0 Å². The van der Waals surface area contributed by atoms with Crippen molar-refractivity contribution in [3.63, 3.8) is 0 Å². The molecule has 0 saturated carbocycles.